The Morgan fingerprint density at radius 2 is 1.70 bits per heavy atom. The largest absolute Gasteiger partial charge is 0.493 e. The van der Waals surface area contributed by atoms with Crippen LogP contribution in [0.5, 0.6) is 17.2 Å². The van der Waals surface area contributed by atoms with Crippen LogP contribution in [0.3, 0.4) is 0 Å². The van der Waals surface area contributed by atoms with Crippen LogP contribution in [-0.4, -0.2) is 57.8 Å². The van der Waals surface area contributed by atoms with E-state index in [0.29, 0.717) is 41.1 Å². The average Bonchev–Trinajstić information content (AvgIpc) is 3.04. The summed E-state index contributed by atoms with van der Waals surface area (Å²) in [4.78, 5) is 31.1. The van der Waals surface area contributed by atoms with Gasteiger partial charge in [0.05, 0.1) is 37.6 Å². The Morgan fingerprint density at radius 1 is 0.977 bits per heavy atom. The van der Waals surface area contributed by atoms with Gasteiger partial charge in [0.2, 0.25) is 11.8 Å². The third kappa shape index (κ3) is 5.38. The molecule has 0 radical (unpaired) electrons. The van der Waals surface area contributed by atoms with E-state index in [1.807, 2.05) is 18.2 Å². The molecule has 2 aliphatic rings. The molecule has 3 heterocycles. The predicted molar refractivity (Wildman–Crippen MR) is 160 cm³/mol. The number of hydrogen-bond donors (Lipinski definition) is 1. The zero-order valence-corrected chi connectivity index (χ0v) is 23.8. The van der Waals surface area contributed by atoms with Crippen molar-refractivity contribution in [1.29, 1.82) is 5.26 Å². The second-order valence-corrected chi connectivity index (χ2v) is 10.3. The third-order valence-corrected chi connectivity index (χ3v) is 7.80. The van der Waals surface area contributed by atoms with Crippen LogP contribution in [0.4, 0.5) is 5.69 Å². The Bertz CT molecular complexity index is 1800. The Kier molecular flexibility index (Phi) is 7.73. The van der Waals surface area contributed by atoms with Gasteiger partial charge in [0.15, 0.2) is 17.2 Å². The van der Waals surface area contributed by atoms with Crippen molar-refractivity contribution in [3.63, 3.8) is 0 Å². The molecule has 1 fully saturated rings. The number of ether oxygens (including phenoxy) is 3. The number of carbonyl (C=O) groups excluding carboxylic acids is 1. The van der Waals surface area contributed by atoms with Crippen molar-refractivity contribution in [2.24, 2.45) is 0 Å². The lowest BCUT2D eigenvalue weighted by Crippen LogP contribution is -2.49. The maximum absolute atomic E-state index is 13.4. The molecule has 10 nitrogen and oxygen atoms in total. The summed E-state index contributed by atoms with van der Waals surface area (Å²) in [6.45, 7) is 3.11. The number of piperazine rings is 1. The Hall–Kier alpha value is -5.27. The molecule has 1 atom stereocenters. The maximum Gasteiger partial charge on any atom is 0.344 e. The summed E-state index contributed by atoms with van der Waals surface area (Å²) in [6, 6.07) is 24.5. The lowest BCUT2D eigenvalue weighted by molar-refractivity contribution is -0.122. The van der Waals surface area contributed by atoms with Crippen molar-refractivity contribution in [2.75, 3.05) is 51.8 Å². The predicted octanol–water partition coefficient (Wildman–Crippen LogP) is 4.01. The van der Waals surface area contributed by atoms with Crippen LogP contribution in [0.15, 0.2) is 93.5 Å². The summed E-state index contributed by atoms with van der Waals surface area (Å²) in [6.07, 6.45) is 0. The molecular weight excluding hydrogens is 548 g/mol. The molecule has 1 amide bonds. The lowest BCUT2D eigenvalue weighted by Gasteiger charge is -2.35. The molecule has 1 unspecified atom stereocenters. The number of methoxy groups -OCH3 is 2. The van der Waals surface area contributed by atoms with Crippen LogP contribution in [0.25, 0.3) is 11.0 Å². The molecule has 3 aromatic carbocycles. The van der Waals surface area contributed by atoms with Gasteiger partial charge in [-0.1, -0.05) is 36.4 Å². The number of anilines is 1. The smallest absolute Gasteiger partial charge is 0.344 e. The maximum atomic E-state index is 13.4. The first-order valence-electron chi connectivity index (χ1n) is 13.9. The topological polar surface area (TPSA) is 117 Å². The SMILES string of the molecule is COc1ccc(C2C(C#N)=C(NC(=O)CN3CCN(c4ccccc4)CC3)Oc3c2c(=O)oc2ccccc32)cc1OC. The highest BCUT2D eigenvalue weighted by Crippen LogP contribution is 2.45. The summed E-state index contributed by atoms with van der Waals surface area (Å²) in [7, 11) is 3.03. The molecule has 43 heavy (non-hydrogen) atoms. The van der Waals surface area contributed by atoms with Gasteiger partial charge >= 0.3 is 5.63 Å². The van der Waals surface area contributed by atoms with Crippen LogP contribution in [0.1, 0.15) is 17.0 Å². The number of carbonyl (C=O) groups is 1. The Morgan fingerprint density at radius 3 is 2.42 bits per heavy atom. The number of fused-ring (bicyclic) bond motifs is 3. The first-order valence-corrected chi connectivity index (χ1v) is 13.9. The van der Waals surface area contributed by atoms with E-state index in [-0.39, 0.29) is 35.2 Å². The fraction of sp³-hybridized carbons (Fsp3) is 0.242. The van der Waals surface area contributed by atoms with E-state index in [2.05, 4.69) is 33.3 Å². The van der Waals surface area contributed by atoms with Gasteiger partial charge in [0.1, 0.15) is 17.2 Å². The van der Waals surface area contributed by atoms with Crippen LogP contribution in [0.2, 0.25) is 0 Å². The minimum absolute atomic E-state index is 0.0153. The summed E-state index contributed by atoms with van der Waals surface area (Å²) in [5, 5.41) is 13.8. The van der Waals surface area contributed by atoms with Gasteiger partial charge in [0, 0.05) is 31.9 Å². The average molecular weight is 579 g/mol. The molecule has 6 rings (SSSR count). The van der Waals surface area contributed by atoms with Crippen LogP contribution < -0.4 is 30.1 Å². The number of amides is 1. The highest BCUT2D eigenvalue weighted by Gasteiger charge is 2.37. The van der Waals surface area contributed by atoms with E-state index >= 15 is 0 Å². The third-order valence-electron chi connectivity index (χ3n) is 7.80. The zero-order valence-electron chi connectivity index (χ0n) is 23.8. The van der Waals surface area contributed by atoms with Gasteiger partial charge in [-0.3, -0.25) is 15.0 Å². The number of benzene rings is 3. The molecule has 1 aromatic heterocycles. The number of para-hydroxylation sites is 2. The molecule has 4 aromatic rings. The summed E-state index contributed by atoms with van der Waals surface area (Å²) in [5.74, 6) is -0.0733. The van der Waals surface area contributed by atoms with Crippen molar-refractivity contribution in [3.05, 3.63) is 106 Å². The summed E-state index contributed by atoms with van der Waals surface area (Å²) >= 11 is 0. The van der Waals surface area contributed by atoms with Gasteiger partial charge < -0.3 is 23.5 Å². The van der Waals surface area contributed by atoms with Gasteiger partial charge in [-0.15, -0.1) is 0 Å². The highest BCUT2D eigenvalue weighted by molar-refractivity contribution is 5.87. The van der Waals surface area contributed by atoms with Gasteiger partial charge in [-0.2, -0.15) is 5.26 Å². The summed E-state index contributed by atoms with van der Waals surface area (Å²) in [5.41, 5.74) is 1.66. The van der Waals surface area contributed by atoms with E-state index < -0.39 is 11.5 Å². The number of rotatable bonds is 7. The molecular formula is C33H30N4O6. The molecule has 2 aliphatic heterocycles. The van der Waals surface area contributed by atoms with E-state index in [0.717, 1.165) is 18.8 Å². The van der Waals surface area contributed by atoms with Gasteiger partial charge in [-0.05, 0) is 42.0 Å². The molecule has 10 heteroatoms. The number of nitrogens with one attached hydrogen (secondary N) is 1. The fourth-order valence-corrected chi connectivity index (χ4v) is 5.67. The van der Waals surface area contributed by atoms with Crippen molar-refractivity contribution in [3.8, 4) is 23.3 Å². The highest BCUT2D eigenvalue weighted by atomic mass is 16.5. The molecule has 218 valence electrons. The van der Waals surface area contributed by atoms with Crippen LogP contribution in [-0.2, 0) is 4.79 Å². The standard InChI is InChI=1S/C33H30N4O6/c1-40-26-13-12-21(18-27(26)41-2)29-24(19-34)32(43-31-23-10-6-7-11-25(23)42-33(39)30(29)31)35-28(38)20-36-14-16-37(17-15-36)22-8-4-3-5-9-22/h3-13,18,29H,14-17,20H2,1-2H3,(H,35,38). The van der Waals surface area contributed by atoms with Gasteiger partial charge in [0.25, 0.3) is 0 Å². The molecule has 1 N–H and O–H groups in total. The Balaban J connectivity index is 1.33. The first-order chi connectivity index (χ1) is 21.0. The molecule has 1 saturated heterocycles. The van der Waals surface area contributed by atoms with E-state index in [9.17, 15) is 14.9 Å². The normalized spacial score (nSPS) is 16.7. The van der Waals surface area contributed by atoms with E-state index in [1.165, 1.54) is 14.2 Å². The minimum atomic E-state index is -0.890. The second kappa shape index (κ2) is 11.9. The zero-order chi connectivity index (χ0) is 29.9. The number of nitriles is 1. The number of allylic oxidation sites excluding steroid dienone is 1. The fourth-order valence-electron chi connectivity index (χ4n) is 5.67. The van der Waals surface area contributed by atoms with Crippen molar-refractivity contribution in [2.45, 2.75) is 5.92 Å². The van der Waals surface area contributed by atoms with Crippen LogP contribution in [0, 0.1) is 11.3 Å². The quantitative estimate of drug-likeness (QED) is 0.325. The minimum Gasteiger partial charge on any atom is -0.493 e. The van der Waals surface area contributed by atoms with Crippen molar-refractivity contribution < 1.29 is 23.4 Å². The molecule has 0 aliphatic carbocycles. The van der Waals surface area contributed by atoms with Crippen LogP contribution >= 0.6 is 0 Å². The number of hydrogen-bond acceptors (Lipinski definition) is 9. The summed E-state index contributed by atoms with van der Waals surface area (Å²) < 4.78 is 22.7. The lowest BCUT2D eigenvalue weighted by atomic mass is 9.83. The second-order valence-electron chi connectivity index (χ2n) is 10.3. The first kappa shape index (κ1) is 27.9. The molecule has 0 saturated carbocycles. The van der Waals surface area contributed by atoms with E-state index in [4.69, 9.17) is 18.6 Å². The number of nitrogens with zero attached hydrogens (tertiary/aromatic N) is 3. The Labute approximate surface area is 248 Å². The monoisotopic (exact) mass is 578 g/mol. The molecule has 0 bridgehead atoms. The van der Waals surface area contributed by atoms with E-state index in [1.54, 1.807) is 42.5 Å². The molecule has 0 spiro atoms. The van der Waals surface area contributed by atoms with Crippen molar-refractivity contribution in [1.82, 2.24) is 10.2 Å². The van der Waals surface area contributed by atoms with Crippen molar-refractivity contribution >= 4 is 22.6 Å². The van der Waals surface area contributed by atoms with Gasteiger partial charge in [-0.25, -0.2) is 4.79 Å².